The molecule has 1 aromatic rings. The van der Waals surface area contributed by atoms with Crippen LogP contribution in [0.15, 0.2) is 0 Å². The summed E-state index contributed by atoms with van der Waals surface area (Å²) in [5.74, 6) is 6.00. The number of hydrazine groups is 1. The maximum Gasteiger partial charge on any atom is 0.323 e. The average molecular weight is 300 g/mol. The van der Waals surface area contributed by atoms with Crippen molar-refractivity contribution >= 4 is 11.9 Å². The fourth-order valence-electron chi connectivity index (χ4n) is 1.47. The van der Waals surface area contributed by atoms with E-state index in [1.807, 2.05) is 6.92 Å². The molecular formula is C12H24N6O3. The van der Waals surface area contributed by atoms with E-state index in [-0.39, 0.29) is 12.0 Å². The molecule has 0 bridgehead atoms. The zero-order chi connectivity index (χ0) is 15.3. The van der Waals surface area contributed by atoms with Gasteiger partial charge in [-0.25, -0.2) is 5.84 Å². The highest BCUT2D eigenvalue weighted by atomic mass is 16.5. The predicted octanol–water partition coefficient (Wildman–Crippen LogP) is 0.411. The van der Waals surface area contributed by atoms with E-state index < -0.39 is 0 Å². The number of hydrogen-bond acceptors (Lipinski definition) is 9. The highest BCUT2D eigenvalue weighted by Crippen LogP contribution is 2.10. The van der Waals surface area contributed by atoms with Gasteiger partial charge in [0.05, 0.1) is 19.8 Å². The summed E-state index contributed by atoms with van der Waals surface area (Å²) in [6, 6.07) is 0.242. The minimum atomic E-state index is 0.242. The van der Waals surface area contributed by atoms with Gasteiger partial charge in [0.2, 0.25) is 11.9 Å². The molecule has 0 aromatic carbocycles. The molecule has 0 saturated carbocycles. The van der Waals surface area contributed by atoms with E-state index in [9.17, 15) is 0 Å². The molecule has 0 saturated heterocycles. The minimum absolute atomic E-state index is 0.242. The number of aromatic nitrogens is 3. The third-order valence-electron chi connectivity index (χ3n) is 2.45. The fraction of sp³-hybridized carbons (Fsp3) is 0.750. The average Bonchev–Trinajstić information content (AvgIpc) is 2.50. The van der Waals surface area contributed by atoms with Crippen LogP contribution < -0.4 is 21.3 Å². The Labute approximate surface area is 124 Å². The Morgan fingerprint density at radius 3 is 2.57 bits per heavy atom. The van der Waals surface area contributed by atoms with Gasteiger partial charge in [0.25, 0.3) is 0 Å². The SMILES string of the molecule is CCOc1nc(NN)nc(NCCCCOCCOC)n1. The molecule has 0 radical (unpaired) electrons. The van der Waals surface area contributed by atoms with Gasteiger partial charge in [0.1, 0.15) is 0 Å². The summed E-state index contributed by atoms with van der Waals surface area (Å²) < 4.78 is 15.5. The molecule has 9 heteroatoms. The number of methoxy groups -OCH3 is 1. The van der Waals surface area contributed by atoms with Gasteiger partial charge in [0, 0.05) is 20.3 Å². The van der Waals surface area contributed by atoms with Crippen molar-refractivity contribution in [2.75, 3.05) is 50.8 Å². The van der Waals surface area contributed by atoms with E-state index in [0.29, 0.717) is 32.4 Å². The van der Waals surface area contributed by atoms with Crippen LogP contribution >= 0.6 is 0 Å². The summed E-state index contributed by atoms with van der Waals surface area (Å²) in [6.07, 6.45) is 1.89. The van der Waals surface area contributed by atoms with Crippen molar-refractivity contribution in [3.8, 4) is 6.01 Å². The van der Waals surface area contributed by atoms with Crippen LogP contribution in [0.5, 0.6) is 6.01 Å². The van der Waals surface area contributed by atoms with Crippen LogP contribution in [-0.4, -0.2) is 55.0 Å². The molecule has 4 N–H and O–H groups in total. The van der Waals surface area contributed by atoms with Crippen LogP contribution in [0.3, 0.4) is 0 Å². The number of anilines is 2. The quantitative estimate of drug-likeness (QED) is 0.286. The second kappa shape index (κ2) is 11.0. The normalized spacial score (nSPS) is 10.4. The van der Waals surface area contributed by atoms with E-state index in [1.165, 1.54) is 0 Å². The molecule has 1 aromatic heterocycles. The van der Waals surface area contributed by atoms with E-state index in [1.54, 1.807) is 7.11 Å². The Bertz CT molecular complexity index is 393. The van der Waals surface area contributed by atoms with Crippen molar-refractivity contribution in [2.24, 2.45) is 5.84 Å². The summed E-state index contributed by atoms with van der Waals surface area (Å²) in [7, 11) is 1.66. The molecule has 0 fully saturated rings. The molecule has 0 unspecified atom stereocenters. The molecule has 21 heavy (non-hydrogen) atoms. The van der Waals surface area contributed by atoms with Crippen molar-refractivity contribution < 1.29 is 14.2 Å². The smallest absolute Gasteiger partial charge is 0.323 e. The standard InChI is InChI=1S/C12H24N6O3/c1-3-21-12-16-10(15-11(17-12)18-13)14-6-4-5-7-20-9-8-19-2/h3-9,13H2,1-2H3,(H2,14,15,16,17,18). The number of nitrogens with two attached hydrogens (primary N) is 1. The van der Waals surface area contributed by atoms with Gasteiger partial charge in [-0.1, -0.05) is 0 Å². The Kier molecular flexibility index (Phi) is 9.09. The summed E-state index contributed by atoms with van der Waals surface area (Å²) in [4.78, 5) is 12.2. The Hall–Kier alpha value is -1.71. The molecule has 9 nitrogen and oxygen atoms in total. The lowest BCUT2D eigenvalue weighted by molar-refractivity contribution is 0.0691. The first-order valence-corrected chi connectivity index (χ1v) is 6.96. The summed E-state index contributed by atoms with van der Waals surface area (Å²) in [5, 5.41) is 3.10. The topological polar surface area (TPSA) is 116 Å². The molecule has 0 atom stereocenters. The third-order valence-corrected chi connectivity index (χ3v) is 2.45. The summed E-state index contributed by atoms with van der Waals surface area (Å²) >= 11 is 0. The van der Waals surface area contributed by atoms with Gasteiger partial charge < -0.3 is 19.5 Å². The highest BCUT2D eigenvalue weighted by Gasteiger charge is 2.05. The predicted molar refractivity (Wildman–Crippen MR) is 79.2 cm³/mol. The molecule has 0 aliphatic heterocycles. The van der Waals surface area contributed by atoms with Crippen molar-refractivity contribution in [1.29, 1.82) is 0 Å². The molecule has 1 rings (SSSR count). The fourth-order valence-corrected chi connectivity index (χ4v) is 1.47. The van der Waals surface area contributed by atoms with Gasteiger partial charge in [-0.3, -0.25) is 5.43 Å². The minimum Gasteiger partial charge on any atom is -0.464 e. The van der Waals surface area contributed by atoms with E-state index in [2.05, 4.69) is 25.7 Å². The largest absolute Gasteiger partial charge is 0.464 e. The Morgan fingerprint density at radius 2 is 1.86 bits per heavy atom. The number of ether oxygens (including phenoxy) is 3. The van der Waals surface area contributed by atoms with Crippen LogP contribution in [-0.2, 0) is 9.47 Å². The van der Waals surface area contributed by atoms with Gasteiger partial charge in [-0.05, 0) is 19.8 Å². The molecule has 0 amide bonds. The molecular weight excluding hydrogens is 276 g/mol. The van der Waals surface area contributed by atoms with Crippen molar-refractivity contribution in [1.82, 2.24) is 15.0 Å². The van der Waals surface area contributed by atoms with Gasteiger partial charge in [-0.2, -0.15) is 15.0 Å². The second-order valence-electron chi connectivity index (χ2n) is 4.08. The molecule has 0 aliphatic rings. The molecule has 1 heterocycles. The van der Waals surface area contributed by atoms with E-state index in [4.69, 9.17) is 20.1 Å². The van der Waals surface area contributed by atoms with Crippen LogP contribution in [0.4, 0.5) is 11.9 Å². The van der Waals surface area contributed by atoms with Crippen molar-refractivity contribution in [3.63, 3.8) is 0 Å². The van der Waals surface area contributed by atoms with Gasteiger partial charge in [0.15, 0.2) is 0 Å². The Morgan fingerprint density at radius 1 is 1.05 bits per heavy atom. The van der Waals surface area contributed by atoms with Crippen LogP contribution in [0.1, 0.15) is 19.8 Å². The summed E-state index contributed by atoms with van der Waals surface area (Å²) in [6.45, 7) is 5.02. The number of nitrogen functional groups attached to an aromatic ring is 1. The van der Waals surface area contributed by atoms with Crippen LogP contribution in [0.2, 0.25) is 0 Å². The maximum absolute atomic E-state index is 5.37. The van der Waals surface area contributed by atoms with Crippen molar-refractivity contribution in [3.05, 3.63) is 0 Å². The first-order valence-electron chi connectivity index (χ1n) is 6.96. The van der Waals surface area contributed by atoms with E-state index in [0.717, 1.165) is 19.4 Å². The molecule has 0 aliphatic carbocycles. The maximum atomic E-state index is 5.37. The molecule has 0 spiro atoms. The second-order valence-corrected chi connectivity index (χ2v) is 4.08. The monoisotopic (exact) mass is 300 g/mol. The van der Waals surface area contributed by atoms with Crippen molar-refractivity contribution in [2.45, 2.75) is 19.8 Å². The van der Waals surface area contributed by atoms with Crippen LogP contribution in [0.25, 0.3) is 0 Å². The summed E-state index contributed by atoms with van der Waals surface area (Å²) in [5.41, 5.74) is 2.38. The number of unbranched alkanes of at least 4 members (excludes halogenated alkanes) is 1. The Balaban J connectivity index is 2.26. The zero-order valence-corrected chi connectivity index (χ0v) is 12.6. The molecule has 120 valence electrons. The van der Waals surface area contributed by atoms with E-state index >= 15 is 0 Å². The highest BCUT2D eigenvalue weighted by molar-refractivity contribution is 5.34. The number of nitrogens with zero attached hydrogens (tertiary/aromatic N) is 3. The van der Waals surface area contributed by atoms with Gasteiger partial charge >= 0.3 is 6.01 Å². The lowest BCUT2D eigenvalue weighted by atomic mass is 10.3. The number of hydrogen-bond donors (Lipinski definition) is 3. The third kappa shape index (κ3) is 7.59. The zero-order valence-electron chi connectivity index (χ0n) is 12.6. The first kappa shape index (κ1) is 17.3. The number of rotatable bonds is 12. The van der Waals surface area contributed by atoms with Crippen LogP contribution in [0, 0.1) is 0 Å². The lowest BCUT2D eigenvalue weighted by Crippen LogP contribution is -2.15. The number of nitrogens with one attached hydrogen (secondary N) is 2. The lowest BCUT2D eigenvalue weighted by Gasteiger charge is -2.08. The van der Waals surface area contributed by atoms with Gasteiger partial charge in [-0.15, -0.1) is 0 Å². The first-order chi connectivity index (χ1) is 10.3.